The number of anilines is 1. The summed E-state index contributed by atoms with van der Waals surface area (Å²) in [5, 5.41) is 22.9. The molecular weight excluding hydrogens is 352 g/mol. The van der Waals surface area contributed by atoms with E-state index >= 15 is 0 Å². The molecule has 0 saturated heterocycles. The van der Waals surface area contributed by atoms with Crippen LogP contribution in [0.25, 0.3) is 0 Å². The first kappa shape index (κ1) is 20.0. The third-order valence-corrected chi connectivity index (χ3v) is 3.43. The SMILES string of the molecule is CCCOc1ccc(/C=N/Nc2nnc(C(C)(C)C)c(=O)[nH]2)cc1[N+](=O)[O-]. The van der Waals surface area contributed by atoms with E-state index in [2.05, 4.69) is 25.7 Å². The minimum atomic E-state index is -0.510. The summed E-state index contributed by atoms with van der Waals surface area (Å²) in [6, 6.07) is 4.52. The van der Waals surface area contributed by atoms with E-state index in [4.69, 9.17) is 4.74 Å². The Kier molecular flexibility index (Phi) is 6.22. The molecule has 0 fully saturated rings. The number of H-pyrrole nitrogens is 1. The number of nitro benzene ring substituents is 1. The molecule has 144 valence electrons. The second-order valence-electron chi connectivity index (χ2n) is 6.80. The molecule has 10 nitrogen and oxygen atoms in total. The molecule has 1 aromatic carbocycles. The van der Waals surface area contributed by atoms with Crippen molar-refractivity contribution in [1.82, 2.24) is 15.2 Å². The molecule has 27 heavy (non-hydrogen) atoms. The predicted molar refractivity (Wildman–Crippen MR) is 101 cm³/mol. The van der Waals surface area contributed by atoms with Gasteiger partial charge in [0.1, 0.15) is 5.69 Å². The highest BCUT2D eigenvalue weighted by Gasteiger charge is 2.20. The molecule has 0 spiro atoms. The number of benzene rings is 1. The lowest BCUT2D eigenvalue weighted by atomic mass is 9.93. The van der Waals surface area contributed by atoms with Crippen LogP contribution in [0.4, 0.5) is 11.6 Å². The number of ether oxygens (including phenoxy) is 1. The van der Waals surface area contributed by atoms with Gasteiger partial charge in [-0.25, -0.2) is 5.43 Å². The van der Waals surface area contributed by atoms with E-state index in [1.54, 1.807) is 6.07 Å². The Hall–Kier alpha value is -3.30. The second kappa shape index (κ2) is 8.39. The van der Waals surface area contributed by atoms with Crippen LogP contribution in [-0.4, -0.2) is 32.9 Å². The molecule has 0 aliphatic carbocycles. The van der Waals surface area contributed by atoms with Crippen LogP contribution >= 0.6 is 0 Å². The summed E-state index contributed by atoms with van der Waals surface area (Å²) in [5.41, 5.74) is 2.42. The molecule has 0 aliphatic heterocycles. The van der Waals surface area contributed by atoms with Crippen molar-refractivity contribution in [3.8, 4) is 5.75 Å². The van der Waals surface area contributed by atoms with E-state index in [1.807, 2.05) is 27.7 Å². The Morgan fingerprint density at radius 2 is 2.11 bits per heavy atom. The highest BCUT2D eigenvalue weighted by atomic mass is 16.6. The van der Waals surface area contributed by atoms with Gasteiger partial charge in [-0.2, -0.15) is 5.10 Å². The molecular formula is C17H22N6O4. The van der Waals surface area contributed by atoms with Gasteiger partial charge in [0.05, 0.1) is 17.7 Å². The molecule has 0 aliphatic rings. The molecule has 0 amide bonds. The van der Waals surface area contributed by atoms with Crippen molar-refractivity contribution in [2.75, 3.05) is 12.0 Å². The van der Waals surface area contributed by atoms with Crippen LogP contribution in [0.3, 0.4) is 0 Å². The van der Waals surface area contributed by atoms with Crippen LogP contribution in [0.5, 0.6) is 5.75 Å². The van der Waals surface area contributed by atoms with Crippen LogP contribution in [0, 0.1) is 10.1 Å². The van der Waals surface area contributed by atoms with E-state index in [0.29, 0.717) is 17.9 Å². The number of nitro groups is 1. The highest BCUT2D eigenvalue weighted by molar-refractivity contribution is 5.82. The summed E-state index contributed by atoms with van der Waals surface area (Å²) in [7, 11) is 0. The second-order valence-corrected chi connectivity index (χ2v) is 6.80. The van der Waals surface area contributed by atoms with E-state index < -0.39 is 10.3 Å². The van der Waals surface area contributed by atoms with Crippen LogP contribution in [-0.2, 0) is 5.41 Å². The standard InChI is InChI=1S/C17H22N6O4/c1-5-8-27-13-7-6-11(9-12(13)23(25)26)10-18-21-16-19-15(24)14(20-22-16)17(2,3)4/h6-7,9-10H,5,8H2,1-4H3,(H2,19,21,22,24)/b18-10+. The van der Waals surface area contributed by atoms with Gasteiger partial charge >= 0.3 is 5.69 Å². The molecule has 1 heterocycles. The van der Waals surface area contributed by atoms with Gasteiger partial charge in [0.25, 0.3) is 5.56 Å². The molecule has 2 N–H and O–H groups in total. The van der Waals surface area contributed by atoms with Crippen molar-refractivity contribution in [3.63, 3.8) is 0 Å². The number of nitrogens with one attached hydrogen (secondary N) is 2. The summed E-state index contributed by atoms with van der Waals surface area (Å²) < 4.78 is 5.37. The lowest BCUT2D eigenvalue weighted by Crippen LogP contribution is -2.28. The summed E-state index contributed by atoms with van der Waals surface area (Å²) in [5.74, 6) is 0.279. The molecule has 0 bridgehead atoms. The molecule has 2 rings (SSSR count). The minimum absolute atomic E-state index is 0.0710. The number of aromatic amines is 1. The predicted octanol–water partition coefficient (Wildman–Crippen LogP) is 2.61. The van der Waals surface area contributed by atoms with Gasteiger partial charge in [-0.1, -0.05) is 27.7 Å². The maximum absolute atomic E-state index is 12.0. The maximum atomic E-state index is 12.0. The van der Waals surface area contributed by atoms with Crippen molar-refractivity contribution < 1.29 is 9.66 Å². The van der Waals surface area contributed by atoms with Gasteiger partial charge in [-0.3, -0.25) is 19.9 Å². The van der Waals surface area contributed by atoms with Gasteiger partial charge in [-0.15, -0.1) is 10.2 Å². The number of hydrogen-bond acceptors (Lipinski definition) is 8. The van der Waals surface area contributed by atoms with Crippen LogP contribution in [0.1, 0.15) is 45.4 Å². The highest BCUT2D eigenvalue weighted by Crippen LogP contribution is 2.27. The Bertz CT molecular complexity index is 901. The number of aromatic nitrogens is 3. The third kappa shape index (κ3) is 5.33. The first-order chi connectivity index (χ1) is 12.7. The quantitative estimate of drug-likeness (QED) is 0.432. The van der Waals surface area contributed by atoms with Gasteiger partial charge in [0.2, 0.25) is 5.95 Å². The third-order valence-electron chi connectivity index (χ3n) is 3.43. The zero-order valence-electron chi connectivity index (χ0n) is 15.6. The van der Waals surface area contributed by atoms with E-state index in [9.17, 15) is 14.9 Å². The van der Waals surface area contributed by atoms with E-state index in [1.165, 1.54) is 18.3 Å². The first-order valence-electron chi connectivity index (χ1n) is 8.40. The molecule has 0 saturated carbocycles. The summed E-state index contributed by atoms with van der Waals surface area (Å²) in [4.78, 5) is 25.3. The Morgan fingerprint density at radius 1 is 1.37 bits per heavy atom. The topological polar surface area (TPSA) is 135 Å². The summed E-state index contributed by atoms with van der Waals surface area (Å²) >= 11 is 0. The van der Waals surface area contributed by atoms with Crippen molar-refractivity contribution >= 4 is 17.9 Å². The molecule has 0 radical (unpaired) electrons. The zero-order chi connectivity index (χ0) is 20.0. The Balaban J connectivity index is 2.14. The van der Waals surface area contributed by atoms with Gasteiger partial charge in [0.15, 0.2) is 5.75 Å². The number of hydrogen-bond donors (Lipinski definition) is 2. The summed E-state index contributed by atoms with van der Waals surface area (Å²) in [6.45, 7) is 7.89. The first-order valence-corrected chi connectivity index (χ1v) is 8.40. The average molecular weight is 374 g/mol. The lowest BCUT2D eigenvalue weighted by molar-refractivity contribution is -0.385. The summed E-state index contributed by atoms with van der Waals surface area (Å²) in [6.07, 6.45) is 2.12. The number of nitrogens with zero attached hydrogens (tertiary/aromatic N) is 4. The largest absolute Gasteiger partial charge is 0.487 e. The van der Waals surface area contributed by atoms with Crippen LogP contribution in [0.15, 0.2) is 28.1 Å². The monoisotopic (exact) mass is 374 g/mol. The van der Waals surface area contributed by atoms with Crippen LogP contribution in [0.2, 0.25) is 0 Å². The fourth-order valence-electron chi connectivity index (χ4n) is 2.14. The molecule has 1 aromatic heterocycles. The minimum Gasteiger partial charge on any atom is -0.487 e. The fraction of sp³-hybridized carbons (Fsp3) is 0.412. The average Bonchev–Trinajstić information content (AvgIpc) is 2.59. The smallest absolute Gasteiger partial charge is 0.311 e. The van der Waals surface area contributed by atoms with Gasteiger partial charge < -0.3 is 4.74 Å². The molecule has 10 heteroatoms. The van der Waals surface area contributed by atoms with Crippen molar-refractivity contribution in [3.05, 3.63) is 49.9 Å². The molecule has 2 aromatic rings. The van der Waals surface area contributed by atoms with E-state index in [0.717, 1.165) is 6.42 Å². The van der Waals surface area contributed by atoms with Crippen molar-refractivity contribution in [2.24, 2.45) is 5.10 Å². The van der Waals surface area contributed by atoms with E-state index in [-0.39, 0.29) is 22.9 Å². The Labute approximate surface area is 155 Å². The normalized spacial score (nSPS) is 11.6. The lowest BCUT2D eigenvalue weighted by Gasteiger charge is -2.15. The van der Waals surface area contributed by atoms with Crippen molar-refractivity contribution in [2.45, 2.75) is 39.5 Å². The van der Waals surface area contributed by atoms with Crippen LogP contribution < -0.4 is 15.7 Å². The molecule has 0 atom stereocenters. The molecule has 0 unspecified atom stereocenters. The van der Waals surface area contributed by atoms with Crippen molar-refractivity contribution in [1.29, 1.82) is 0 Å². The van der Waals surface area contributed by atoms with Gasteiger partial charge in [-0.05, 0) is 18.6 Å². The number of rotatable bonds is 7. The van der Waals surface area contributed by atoms with Gasteiger partial charge in [0, 0.05) is 17.0 Å². The Morgan fingerprint density at radius 3 is 2.70 bits per heavy atom. The fourth-order valence-corrected chi connectivity index (χ4v) is 2.14. The number of hydrazone groups is 1. The maximum Gasteiger partial charge on any atom is 0.311 e. The zero-order valence-corrected chi connectivity index (χ0v) is 15.6.